The monoisotopic (exact) mass is 237 g/mol. The topological polar surface area (TPSA) is 41.5 Å². The van der Waals surface area contributed by atoms with Gasteiger partial charge in [0.1, 0.15) is 0 Å². The minimum Gasteiger partial charge on any atom is -0.504 e. The van der Waals surface area contributed by atoms with Crippen molar-refractivity contribution >= 4 is 0 Å². The van der Waals surface area contributed by atoms with Gasteiger partial charge in [-0.25, -0.2) is 0 Å². The fraction of sp³-hybridized carbons (Fsp3) is 0.571. The molecule has 0 bridgehead atoms. The Bertz CT molecular complexity index is 339. The average molecular weight is 237 g/mol. The van der Waals surface area contributed by atoms with E-state index in [1.807, 2.05) is 19.1 Å². The van der Waals surface area contributed by atoms with E-state index in [0.29, 0.717) is 24.8 Å². The van der Waals surface area contributed by atoms with Crippen LogP contribution in [0.2, 0.25) is 0 Å². The Morgan fingerprint density at radius 1 is 1.35 bits per heavy atom. The highest BCUT2D eigenvalue weighted by atomic mass is 16.5. The van der Waals surface area contributed by atoms with Crippen LogP contribution in [0.1, 0.15) is 32.8 Å². The van der Waals surface area contributed by atoms with Gasteiger partial charge < -0.3 is 15.2 Å². The Morgan fingerprint density at radius 3 is 2.76 bits per heavy atom. The molecule has 0 aliphatic rings. The van der Waals surface area contributed by atoms with Gasteiger partial charge in [-0.15, -0.1) is 0 Å². The first-order valence-electron chi connectivity index (χ1n) is 6.33. The summed E-state index contributed by atoms with van der Waals surface area (Å²) in [6.45, 7) is 8.51. The first kappa shape index (κ1) is 13.8. The fourth-order valence-corrected chi connectivity index (χ4v) is 1.58. The van der Waals surface area contributed by atoms with Crippen LogP contribution in [0, 0.1) is 5.92 Å². The van der Waals surface area contributed by atoms with Crippen molar-refractivity contribution in [2.75, 3.05) is 13.2 Å². The standard InChI is InChI=1S/C14H23NO2/c1-4-11(3)9-15-10-12-7-6-8-13(14(12)16)17-5-2/h6-8,11,15-16H,4-5,9-10H2,1-3H3. The van der Waals surface area contributed by atoms with Gasteiger partial charge in [-0.2, -0.15) is 0 Å². The first-order chi connectivity index (χ1) is 8.19. The summed E-state index contributed by atoms with van der Waals surface area (Å²) in [7, 11) is 0. The summed E-state index contributed by atoms with van der Waals surface area (Å²) in [5.41, 5.74) is 0.888. The number of hydrogen-bond donors (Lipinski definition) is 2. The van der Waals surface area contributed by atoms with Crippen LogP contribution in [0.3, 0.4) is 0 Å². The third kappa shape index (κ3) is 4.27. The van der Waals surface area contributed by atoms with Crippen LogP contribution in [0.25, 0.3) is 0 Å². The van der Waals surface area contributed by atoms with Crippen LogP contribution in [-0.4, -0.2) is 18.3 Å². The van der Waals surface area contributed by atoms with E-state index in [9.17, 15) is 5.11 Å². The van der Waals surface area contributed by atoms with Crippen LogP contribution < -0.4 is 10.1 Å². The SMILES string of the molecule is CCOc1cccc(CNCC(C)CC)c1O. The lowest BCUT2D eigenvalue weighted by molar-refractivity contribution is 0.316. The average Bonchev–Trinajstić information content (AvgIpc) is 2.33. The fourth-order valence-electron chi connectivity index (χ4n) is 1.58. The minimum absolute atomic E-state index is 0.256. The largest absolute Gasteiger partial charge is 0.504 e. The van der Waals surface area contributed by atoms with Gasteiger partial charge in [0.15, 0.2) is 11.5 Å². The smallest absolute Gasteiger partial charge is 0.162 e. The molecule has 0 radical (unpaired) electrons. The van der Waals surface area contributed by atoms with E-state index >= 15 is 0 Å². The molecule has 3 nitrogen and oxygen atoms in total. The number of rotatable bonds is 7. The lowest BCUT2D eigenvalue weighted by atomic mass is 10.1. The molecule has 0 fully saturated rings. The Kier molecular flexibility index (Phi) is 5.84. The molecule has 17 heavy (non-hydrogen) atoms. The number of phenols is 1. The van der Waals surface area contributed by atoms with Crippen molar-refractivity contribution in [1.29, 1.82) is 0 Å². The van der Waals surface area contributed by atoms with E-state index in [4.69, 9.17) is 4.74 Å². The predicted octanol–water partition coefficient (Wildman–Crippen LogP) is 2.93. The van der Waals surface area contributed by atoms with Crippen LogP contribution in [-0.2, 0) is 6.54 Å². The summed E-state index contributed by atoms with van der Waals surface area (Å²) >= 11 is 0. The minimum atomic E-state index is 0.256. The molecule has 0 saturated carbocycles. The predicted molar refractivity (Wildman–Crippen MR) is 70.4 cm³/mol. The summed E-state index contributed by atoms with van der Waals surface area (Å²) < 4.78 is 5.35. The van der Waals surface area contributed by atoms with Gasteiger partial charge in [-0.3, -0.25) is 0 Å². The number of benzene rings is 1. The van der Waals surface area contributed by atoms with Crippen molar-refractivity contribution in [1.82, 2.24) is 5.32 Å². The zero-order valence-corrected chi connectivity index (χ0v) is 11.0. The van der Waals surface area contributed by atoms with Gasteiger partial charge in [-0.1, -0.05) is 32.4 Å². The summed E-state index contributed by atoms with van der Waals surface area (Å²) in [5.74, 6) is 1.48. The van der Waals surface area contributed by atoms with Gasteiger partial charge >= 0.3 is 0 Å². The Hall–Kier alpha value is -1.22. The zero-order valence-electron chi connectivity index (χ0n) is 11.0. The highest BCUT2D eigenvalue weighted by molar-refractivity contribution is 5.45. The molecule has 0 amide bonds. The molecule has 1 rings (SSSR count). The molecule has 0 aromatic heterocycles. The van der Waals surface area contributed by atoms with Crippen LogP contribution in [0.4, 0.5) is 0 Å². The van der Waals surface area contributed by atoms with Crippen LogP contribution >= 0.6 is 0 Å². The summed E-state index contributed by atoms with van der Waals surface area (Å²) in [5, 5.41) is 13.3. The van der Waals surface area contributed by atoms with E-state index in [2.05, 4.69) is 19.2 Å². The maximum absolute atomic E-state index is 9.98. The summed E-state index contributed by atoms with van der Waals surface area (Å²) in [4.78, 5) is 0. The van der Waals surface area contributed by atoms with Gasteiger partial charge in [-0.05, 0) is 25.5 Å². The molecule has 0 aliphatic carbocycles. The normalized spacial score (nSPS) is 12.4. The first-order valence-corrected chi connectivity index (χ1v) is 6.33. The van der Waals surface area contributed by atoms with E-state index in [-0.39, 0.29) is 5.75 Å². The number of ether oxygens (including phenoxy) is 1. The van der Waals surface area contributed by atoms with E-state index in [1.165, 1.54) is 0 Å². The quantitative estimate of drug-likeness (QED) is 0.766. The molecule has 1 unspecified atom stereocenters. The molecule has 0 saturated heterocycles. The van der Waals surface area contributed by atoms with Crippen molar-refractivity contribution in [2.24, 2.45) is 5.92 Å². The molecular formula is C14H23NO2. The molecule has 1 aromatic rings. The molecule has 1 atom stereocenters. The van der Waals surface area contributed by atoms with Crippen molar-refractivity contribution in [3.8, 4) is 11.5 Å². The van der Waals surface area contributed by atoms with Gasteiger partial charge in [0.05, 0.1) is 6.61 Å². The Morgan fingerprint density at radius 2 is 2.12 bits per heavy atom. The molecule has 1 aromatic carbocycles. The van der Waals surface area contributed by atoms with Gasteiger partial charge in [0, 0.05) is 12.1 Å². The lowest BCUT2D eigenvalue weighted by Crippen LogP contribution is -2.20. The third-order valence-electron chi connectivity index (χ3n) is 2.89. The molecule has 96 valence electrons. The maximum Gasteiger partial charge on any atom is 0.162 e. The lowest BCUT2D eigenvalue weighted by Gasteiger charge is -2.13. The second kappa shape index (κ2) is 7.17. The number of hydrogen-bond acceptors (Lipinski definition) is 3. The summed E-state index contributed by atoms with van der Waals surface area (Å²) in [6, 6.07) is 5.61. The molecule has 0 aliphatic heterocycles. The van der Waals surface area contributed by atoms with E-state index in [1.54, 1.807) is 6.07 Å². The summed E-state index contributed by atoms with van der Waals surface area (Å²) in [6.07, 6.45) is 1.16. The third-order valence-corrected chi connectivity index (χ3v) is 2.89. The number of aromatic hydroxyl groups is 1. The van der Waals surface area contributed by atoms with Crippen LogP contribution in [0.15, 0.2) is 18.2 Å². The van der Waals surface area contributed by atoms with Crippen molar-refractivity contribution in [3.05, 3.63) is 23.8 Å². The van der Waals surface area contributed by atoms with E-state index < -0.39 is 0 Å². The van der Waals surface area contributed by atoms with Crippen molar-refractivity contribution < 1.29 is 9.84 Å². The number of nitrogens with one attached hydrogen (secondary N) is 1. The highest BCUT2D eigenvalue weighted by Gasteiger charge is 2.07. The number of para-hydroxylation sites is 1. The highest BCUT2D eigenvalue weighted by Crippen LogP contribution is 2.29. The molecule has 3 heteroatoms. The number of phenolic OH excluding ortho intramolecular Hbond substituents is 1. The maximum atomic E-state index is 9.98. The molecule has 0 heterocycles. The molecular weight excluding hydrogens is 214 g/mol. The van der Waals surface area contributed by atoms with Crippen molar-refractivity contribution in [3.63, 3.8) is 0 Å². The Labute approximate surface area is 104 Å². The van der Waals surface area contributed by atoms with Gasteiger partial charge in [0.2, 0.25) is 0 Å². The van der Waals surface area contributed by atoms with E-state index in [0.717, 1.165) is 18.5 Å². The second-order valence-electron chi connectivity index (χ2n) is 4.34. The van der Waals surface area contributed by atoms with Gasteiger partial charge in [0.25, 0.3) is 0 Å². The Balaban J connectivity index is 2.56. The second-order valence-corrected chi connectivity index (χ2v) is 4.34. The zero-order chi connectivity index (χ0) is 12.7. The molecule has 2 N–H and O–H groups in total. The van der Waals surface area contributed by atoms with Crippen LogP contribution in [0.5, 0.6) is 11.5 Å². The molecule has 0 spiro atoms. The van der Waals surface area contributed by atoms with Crippen molar-refractivity contribution in [2.45, 2.75) is 33.7 Å².